The van der Waals surface area contributed by atoms with E-state index in [4.69, 9.17) is 14.2 Å². The fraction of sp³-hybridized carbons (Fsp3) is 0.619. The van der Waals surface area contributed by atoms with E-state index in [0.29, 0.717) is 24.5 Å². The highest BCUT2D eigenvalue weighted by molar-refractivity contribution is 6.00. The maximum absolute atomic E-state index is 12.8. The Kier molecular flexibility index (Phi) is 7.17. The molecule has 0 aromatic heterocycles. The van der Waals surface area contributed by atoms with Gasteiger partial charge in [0.2, 0.25) is 0 Å². The van der Waals surface area contributed by atoms with Gasteiger partial charge in [-0.1, -0.05) is 6.07 Å². The van der Waals surface area contributed by atoms with Crippen LogP contribution in [0, 0.1) is 0 Å². The van der Waals surface area contributed by atoms with Crippen molar-refractivity contribution < 1.29 is 23.8 Å². The lowest BCUT2D eigenvalue weighted by atomic mass is 9.97. The van der Waals surface area contributed by atoms with Crippen molar-refractivity contribution in [2.45, 2.75) is 38.8 Å². The molecule has 0 aliphatic carbocycles. The minimum absolute atomic E-state index is 0.230. The first-order valence-corrected chi connectivity index (χ1v) is 10.3. The Hall–Kier alpha value is -2.36. The topological polar surface area (TPSA) is 83.6 Å². The van der Waals surface area contributed by atoms with Crippen molar-refractivity contribution in [2.75, 3.05) is 56.8 Å². The Bertz CT molecular complexity index is 772. The molecule has 2 amide bonds. The molecule has 0 radical (unpaired) electrons. The number of benzene rings is 1. The molecule has 2 heterocycles. The number of hydrogen-bond donors (Lipinski definition) is 1. The number of carbonyl (C=O) groups is 2. The lowest BCUT2D eigenvalue weighted by Crippen LogP contribution is -2.52. The lowest BCUT2D eigenvalue weighted by molar-refractivity contribution is 0.121. The van der Waals surface area contributed by atoms with E-state index in [0.717, 1.165) is 25.2 Å². The number of fused-ring (bicyclic) bond motifs is 1. The van der Waals surface area contributed by atoms with E-state index in [-0.39, 0.29) is 18.1 Å². The third-order valence-corrected chi connectivity index (χ3v) is 5.40. The predicted octanol–water partition coefficient (Wildman–Crippen LogP) is 2.56. The number of methoxy groups -OCH3 is 2. The number of rotatable bonds is 5. The van der Waals surface area contributed by atoms with Crippen molar-refractivity contribution >= 4 is 23.6 Å². The first-order valence-electron chi connectivity index (χ1n) is 10.3. The van der Waals surface area contributed by atoms with Crippen molar-refractivity contribution in [3.05, 3.63) is 23.8 Å². The molecule has 166 valence electrons. The molecule has 3 rings (SSSR count). The second-order valence-corrected chi connectivity index (χ2v) is 7.98. The van der Waals surface area contributed by atoms with Gasteiger partial charge in [-0.15, -0.1) is 0 Å². The van der Waals surface area contributed by atoms with Crippen molar-refractivity contribution in [1.29, 1.82) is 0 Å². The summed E-state index contributed by atoms with van der Waals surface area (Å²) in [4.78, 5) is 28.4. The zero-order valence-electron chi connectivity index (χ0n) is 18.4. The van der Waals surface area contributed by atoms with Crippen LogP contribution in [0.4, 0.5) is 21.0 Å². The minimum atomic E-state index is -0.443. The maximum atomic E-state index is 12.8. The highest BCUT2D eigenvalue weighted by atomic mass is 16.6. The third-order valence-electron chi connectivity index (χ3n) is 5.40. The average Bonchev–Trinajstić information content (AvgIpc) is 3.19. The van der Waals surface area contributed by atoms with Crippen molar-refractivity contribution in [2.24, 2.45) is 0 Å². The molecule has 1 aromatic rings. The number of hydrazine groups is 1. The van der Waals surface area contributed by atoms with Gasteiger partial charge in [0.25, 0.3) is 0 Å². The molecular formula is C21H32N4O5. The van der Waals surface area contributed by atoms with Gasteiger partial charge in [-0.05, 0) is 38.5 Å². The van der Waals surface area contributed by atoms with E-state index in [1.807, 2.05) is 39.0 Å². The average molecular weight is 421 g/mol. The van der Waals surface area contributed by atoms with E-state index >= 15 is 0 Å². The highest BCUT2D eigenvalue weighted by Gasteiger charge is 2.37. The quantitative estimate of drug-likeness (QED) is 0.784. The van der Waals surface area contributed by atoms with Crippen LogP contribution in [0.5, 0.6) is 0 Å². The summed E-state index contributed by atoms with van der Waals surface area (Å²) in [6.07, 6.45) is -1.08. The predicted molar refractivity (Wildman–Crippen MR) is 114 cm³/mol. The standard InChI is InChI=1S/C21H32N4O5/c1-14(2)30-20(26)24-12-15(3)25(21(27)29-5)18-7-6-16(10-19(18)24)17-11-22-23(13-17)8-9-28-4/h6-7,10,14-15,17,22H,8-9,11-13H2,1-5H3/t15-,17?/m0/s1. The number of carbonyl (C=O) groups excluding carboxylic acids is 2. The van der Waals surface area contributed by atoms with Crippen LogP contribution in [0.1, 0.15) is 32.3 Å². The maximum Gasteiger partial charge on any atom is 0.414 e. The van der Waals surface area contributed by atoms with E-state index in [1.54, 1.807) is 16.9 Å². The summed E-state index contributed by atoms with van der Waals surface area (Å²) in [6.45, 7) is 8.97. The summed E-state index contributed by atoms with van der Waals surface area (Å²) >= 11 is 0. The van der Waals surface area contributed by atoms with Crippen molar-refractivity contribution in [3.8, 4) is 0 Å². The molecule has 0 bridgehead atoms. The van der Waals surface area contributed by atoms with Gasteiger partial charge < -0.3 is 14.2 Å². The normalized spacial score (nSPS) is 21.7. The van der Waals surface area contributed by atoms with Gasteiger partial charge in [0.1, 0.15) is 0 Å². The van der Waals surface area contributed by atoms with Crippen LogP contribution in [-0.4, -0.2) is 76.3 Å². The van der Waals surface area contributed by atoms with Gasteiger partial charge in [-0.3, -0.25) is 15.2 Å². The summed E-state index contributed by atoms with van der Waals surface area (Å²) in [6, 6.07) is 5.66. The fourth-order valence-corrected chi connectivity index (χ4v) is 3.94. The van der Waals surface area contributed by atoms with Crippen LogP contribution in [0.2, 0.25) is 0 Å². The van der Waals surface area contributed by atoms with Gasteiger partial charge in [-0.2, -0.15) is 0 Å². The van der Waals surface area contributed by atoms with E-state index in [9.17, 15) is 9.59 Å². The van der Waals surface area contributed by atoms with Gasteiger partial charge in [-0.25, -0.2) is 14.6 Å². The van der Waals surface area contributed by atoms with E-state index < -0.39 is 12.2 Å². The molecule has 9 heteroatoms. The number of ether oxygens (including phenoxy) is 3. The first-order chi connectivity index (χ1) is 14.3. The third kappa shape index (κ3) is 4.69. The van der Waals surface area contributed by atoms with Crippen molar-refractivity contribution in [3.63, 3.8) is 0 Å². The molecule has 0 saturated carbocycles. The molecule has 1 fully saturated rings. The second kappa shape index (κ2) is 9.63. The Balaban J connectivity index is 1.92. The summed E-state index contributed by atoms with van der Waals surface area (Å²) in [5.74, 6) is 0.265. The molecule has 0 spiro atoms. The summed E-state index contributed by atoms with van der Waals surface area (Å²) in [7, 11) is 3.05. The molecule has 2 aliphatic heterocycles. The molecule has 30 heavy (non-hydrogen) atoms. The van der Waals surface area contributed by atoms with Gasteiger partial charge in [0.15, 0.2) is 0 Å². The smallest absolute Gasteiger partial charge is 0.414 e. The van der Waals surface area contributed by atoms with Gasteiger partial charge in [0.05, 0.1) is 43.8 Å². The minimum Gasteiger partial charge on any atom is -0.452 e. The van der Waals surface area contributed by atoms with Crippen LogP contribution in [-0.2, 0) is 14.2 Å². The van der Waals surface area contributed by atoms with E-state index in [2.05, 4.69) is 10.4 Å². The molecule has 2 atom stereocenters. The van der Waals surface area contributed by atoms with Crippen molar-refractivity contribution in [1.82, 2.24) is 10.4 Å². The van der Waals surface area contributed by atoms with Crippen LogP contribution < -0.4 is 15.2 Å². The Morgan fingerprint density at radius 2 is 1.93 bits per heavy atom. The molecular weight excluding hydrogens is 388 g/mol. The van der Waals surface area contributed by atoms with E-state index in [1.165, 1.54) is 7.11 Å². The number of nitrogens with zero attached hydrogens (tertiary/aromatic N) is 3. The summed E-state index contributed by atoms with van der Waals surface area (Å²) in [5, 5.41) is 2.14. The SMILES string of the molecule is COCCN1CC(c2ccc3c(c2)N(C(=O)OC(C)C)C[C@H](C)N3C(=O)OC)CN1. The second-order valence-electron chi connectivity index (χ2n) is 7.98. The largest absolute Gasteiger partial charge is 0.452 e. The molecule has 1 saturated heterocycles. The van der Waals surface area contributed by atoms with Crippen LogP contribution in [0.3, 0.4) is 0 Å². The summed E-state index contributed by atoms with van der Waals surface area (Å²) in [5.41, 5.74) is 5.80. The van der Waals surface area contributed by atoms with Crippen LogP contribution >= 0.6 is 0 Å². The van der Waals surface area contributed by atoms with Gasteiger partial charge in [0, 0.05) is 32.7 Å². The summed E-state index contributed by atoms with van der Waals surface area (Å²) < 4.78 is 15.6. The number of hydrogen-bond acceptors (Lipinski definition) is 7. The lowest BCUT2D eigenvalue weighted by Gasteiger charge is -2.40. The first kappa shape index (κ1) is 22.3. The zero-order valence-corrected chi connectivity index (χ0v) is 18.4. The fourth-order valence-electron chi connectivity index (χ4n) is 3.94. The molecule has 1 aromatic carbocycles. The molecule has 9 nitrogen and oxygen atoms in total. The number of anilines is 2. The van der Waals surface area contributed by atoms with Crippen LogP contribution in [0.25, 0.3) is 0 Å². The monoisotopic (exact) mass is 420 g/mol. The van der Waals surface area contributed by atoms with Gasteiger partial charge >= 0.3 is 12.2 Å². The highest BCUT2D eigenvalue weighted by Crippen LogP contribution is 2.39. The molecule has 2 aliphatic rings. The van der Waals surface area contributed by atoms with Crippen LogP contribution in [0.15, 0.2) is 18.2 Å². The zero-order chi connectivity index (χ0) is 21.8. The molecule has 1 unspecified atom stereocenters. The number of amides is 2. The Labute approximate surface area is 177 Å². The number of nitrogens with one attached hydrogen (secondary N) is 1. The molecule has 1 N–H and O–H groups in total. The Morgan fingerprint density at radius 3 is 2.60 bits per heavy atom. The Morgan fingerprint density at radius 1 is 1.17 bits per heavy atom.